The van der Waals surface area contributed by atoms with Gasteiger partial charge in [-0.05, 0) is 36.1 Å². The van der Waals surface area contributed by atoms with Crippen LogP contribution in [0.3, 0.4) is 0 Å². The van der Waals surface area contributed by atoms with Crippen LogP contribution < -0.4 is 14.2 Å². The first-order valence-corrected chi connectivity index (χ1v) is 9.88. The summed E-state index contributed by atoms with van der Waals surface area (Å²) in [4.78, 5) is 7.97. The Labute approximate surface area is 163 Å². The van der Waals surface area contributed by atoms with Crippen LogP contribution in [0.4, 0.5) is 0 Å². The largest absolute Gasteiger partial charge is 0.493 e. The molecule has 0 unspecified atom stereocenters. The van der Waals surface area contributed by atoms with Gasteiger partial charge in [-0.25, -0.2) is 0 Å². The van der Waals surface area contributed by atoms with Crippen LogP contribution in [-0.2, 0) is 19.6 Å². The summed E-state index contributed by atoms with van der Waals surface area (Å²) in [6.45, 7) is 5.30. The number of pyridine rings is 1. The van der Waals surface area contributed by atoms with Gasteiger partial charge in [-0.2, -0.15) is 0 Å². The monoisotopic (exact) mass is 382 g/mol. The molecule has 0 aliphatic carbocycles. The van der Waals surface area contributed by atoms with Gasteiger partial charge in [0.1, 0.15) is 5.75 Å². The Morgan fingerprint density at radius 1 is 1.11 bits per heavy atom. The van der Waals surface area contributed by atoms with Gasteiger partial charge in [0, 0.05) is 48.5 Å². The summed E-state index contributed by atoms with van der Waals surface area (Å²) in [6.07, 6.45) is 3.72. The number of thiophene rings is 1. The molecule has 4 rings (SSSR count). The lowest BCUT2D eigenvalue weighted by Gasteiger charge is -2.23. The van der Waals surface area contributed by atoms with Crippen LogP contribution in [0, 0.1) is 0 Å². The molecule has 0 fully saturated rings. The maximum Gasteiger partial charge on any atom is 0.231 e. The molecule has 140 valence electrons. The lowest BCUT2D eigenvalue weighted by Crippen LogP contribution is -2.22. The molecule has 0 N–H and O–H groups in total. The molecule has 6 heteroatoms. The molecule has 0 saturated carbocycles. The minimum atomic E-state index is 0.263. The molecule has 0 spiro atoms. The number of hydrogen-bond acceptors (Lipinski definition) is 6. The third-order valence-corrected chi connectivity index (χ3v) is 5.20. The highest BCUT2D eigenvalue weighted by molar-refractivity contribution is 7.09. The van der Waals surface area contributed by atoms with Gasteiger partial charge in [0.2, 0.25) is 6.79 Å². The molecular weight excluding hydrogens is 360 g/mol. The Hall–Kier alpha value is -2.57. The highest BCUT2D eigenvalue weighted by Gasteiger charge is 2.20. The Bertz CT molecular complexity index is 869. The van der Waals surface area contributed by atoms with E-state index in [9.17, 15) is 0 Å². The summed E-state index contributed by atoms with van der Waals surface area (Å²) in [6, 6.07) is 12.3. The topological polar surface area (TPSA) is 43.8 Å². The number of benzene rings is 1. The number of rotatable bonds is 8. The Balaban J connectivity index is 1.60. The van der Waals surface area contributed by atoms with Gasteiger partial charge in [0.15, 0.2) is 11.5 Å². The summed E-state index contributed by atoms with van der Waals surface area (Å²) in [5.74, 6) is 2.38. The Morgan fingerprint density at radius 3 is 2.74 bits per heavy atom. The van der Waals surface area contributed by atoms with E-state index in [1.165, 1.54) is 10.4 Å². The second-order valence-corrected chi connectivity index (χ2v) is 7.36. The van der Waals surface area contributed by atoms with Crippen LogP contribution in [-0.4, -0.2) is 23.3 Å². The molecule has 2 aromatic heterocycles. The van der Waals surface area contributed by atoms with E-state index in [2.05, 4.69) is 33.5 Å². The van der Waals surface area contributed by atoms with E-state index < -0.39 is 0 Å². The SMILES string of the molecule is CCOc1cc2c(cc1CN(Cc1cccnc1)Cc1cccs1)OCO2. The van der Waals surface area contributed by atoms with Crippen molar-refractivity contribution in [2.45, 2.75) is 26.6 Å². The zero-order chi connectivity index (χ0) is 18.5. The number of aromatic nitrogens is 1. The van der Waals surface area contributed by atoms with Crippen molar-refractivity contribution in [3.8, 4) is 17.2 Å². The third kappa shape index (κ3) is 4.40. The van der Waals surface area contributed by atoms with E-state index in [4.69, 9.17) is 14.2 Å². The fraction of sp³-hybridized carbons (Fsp3) is 0.286. The lowest BCUT2D eigenvalue weighted by atomic mass is 10.1. The van der Waals surface area contributed by atoms with Crippen molar-refractivity contribution >= 4 is 11.3 Å². The molecule has 0 atom stereocenters. The van der Waals surface area contributed by atoms with Gasteiger partial charge in [-0.15, -0.1) is 11.3 Å². The number of hydrogen-bond donors (Lipinski definition) is 0. The number of ether oxygens (including phenoxy) is 3. The molecular formula is C21H22N2O3S. The van der Waals surface area contributed by atoms with Crippen LogP contribution in [0.1, 0.15) is 22.9 Å². The zero-order valence-corrected chi connectivity index (χ0v) is 16.1. The Morgan fingerprint density at radius 2 is 2.00 bits per heavy atom. The molecule has 3 aromatic rings. The average Bonchev–Trinajstić information content (AvgIpc) is 3.34. The predicted molar refractivity (Wildman–Crippen MR) is 105 cm³/mol. The summed E-state index contributed by atoms with van der Waals surface area (Å²) >= 11 is 1.77. The molecule has 0 saturated heterocycles. The van der Waals surface area contributed by atoms with Gasteiger partial charge in [0.25, 0.3) is 0 Å². The fourth-order valence-corrected chi connectivity index (χ4v) is 3.91. The molecule has 1 aliphatic heterocycles. The fourth-order valence-electron chi connectivity index (χ4n) is 3.16. The van der Waals surface area contributed by atoms with Gasteiger partial charge >= 0.3 is 0 Å². The summed E-state index contributed by atoms with van der Waals surface area (Å²) in [5, 5.41) is 2.11. The predicted octanol–water partition coefficient (Wildman–Crippen LogP) is 4.47. The van der Waals surface area contributed by atoms with E-state index in [0.29, 0.717) is 6.61 Å². The minimum absolute atomic E-state index is 0.263. The maximum atomic E-state index is 5.88. The molecule has 0 radical (unpaired) electrons. The molecule has 0 amide bonds. The van der Waals surface area contributed by atoms with E-state index in [0.717, 1.165) is 42.4 Å². The van der Waals surface area contributed by atoms with Crippen LogP contribution in [0.5, 0.6) is 17.2 Å². The van der Waals surface area contributed by atoms with Gasteiger partial charge in [0.05, 0.1) is 6.61 Å². The van der Waals surface area contributed by atoms with Crippen molar-refractivity contribution in [1.29, 1.82) is 0 Å². The molecule has 27 heavy (non-hydrogen) atoms. The normalized spacial score (nSPS) is 12.5. The molecule has 5 nitrogen and oxygen atoms in total. The number of nitrogens with zero attached hydrogens (tertiary/aromatic N) is 2. The quantitative estimate of drug-likeness (QED) is 0.575. The second-order valence-electron chi connectivity index (χ2n) is 6.33. The van der Waals surface area contributed by atoms with Crippen molar-refractivity contribution in [1.82, 2.24) is 9.88 Å². The first-order chi connectivity index (χ1) is 13.3. The highest BCUT2D eigenvalue weighted by Crippen LogP contribution is 2.39. The average molecular weight is 382 g/mol. The molecule has 1 aliphatic rings. The van der Waals surface area contributed by atoms with E-state index >= 15 is 0 Å². The molecule has 3 heterocycles. The number of fused-ring (bicyclic) bond motifs is 1. The highest BCUT2D eigenvalue weighted by atomic mass is 32.1. The van der Waals surface area contributed by atoms with Gasteiger partial charge < -0.3 is 14.2 Å². The lowest BCUT2D eigenvalue weighted by molar-refractivity contribution is 0.173. The standard InChI is InChI=1S/C21H22N2O3S/c1-2-24-19-10-21-20(25-15-26-21)9-17(19)13-23(14-18-6-4-8-27-18)12-16-5-3-7-22-11-16/h3-11H,2,12-15H2,1H3. The first kappa shape index (κ1) is 17.8. The third-order valence-electron chi connectivity index (χ3n) is 4.34. The van der Waals surface area contributed by atoms with Crippen LogP contribution in [0.15, 0.2) is 54.2 Å². The Kier molecular flexibility index (Phi) is 5.55. The van der Waals surface area contributed by atoms with E-state index in [1.807, 2.05) is 31.3 Å². The summed E-state index contributed by atoms with van der Waals surface area (Å²) < 4.78 is 17.0. The van der Waals surface area contributed by atoms with E-state index in [1.54, 1.807) is 17.5 Å². The van der Waals surface area contributed by atoms with Crippen molar-refractivity contribution in [3.05, 3.63) is 70.2 Å². The van der Waals surface area contributed by atoms with Crippen LogP contribution in [0.2, 0.25) is 0 Å². The van der Waals surface area contributed by atoms with Crippen molar-refractivity contribution in [2.75, 3.05) is 13.4 Å². The van der Waals surface area contributed by atoms with Gasteiger partial charge in [-0.1, -0.05) is 12.1 Å². The smallest absolute Gasteiger partial charge is 0.231 e. The van der Waals surface area contributed by atoms with Crippen molar-refractivity contribution in [3.63, 3.8) is 0 Å². The maximum absolute atomic E-state index is 5.88. The molecule has 0 bridgehead atoms. The van der Waals surface area contributed by atoms with Crippen molar-refractivity contribution < 1.29 is 14.2 Å². The van der Waals surface area contributed by atoms with Gasteiger partial charge in [-0.3, -0.25) is 9.88 Å². The minimum Gasteiger partial charge on any atom is -0.493 e. The van der Waals surface area contributed by atoms with Crippen LogP contribution >= 0.6 is 11.3 Å². The summed E-state index contributed by atoms with van der Waals surface area (Å²) in [5.41, 5.74) is 2.29. The van der Waals surface area contributed by atoms with E-state index in [-0.39, 0.29) is 6.79 Å². The summed E-state index contributed by atoms with van der Waals surface area (Å²) in [7, 11) is 0. The van der Waals surface area contributed by atoms with Crippen molar-refractivity contribution in [2.24, 2.45) is 0 Å². The first-order valence-electron chi connectivity index (χ1n) is 9.01. The second kappa shape index (κ2) is 8.41. The van der Waals surface area contributed by atoms with Crippen LogP contribution in [0.25, 0.3) is 0 Å². The zero-order valence-electron chi connectivity index (χ0n) is 15.3. The molecule has 1 aromatic carbocycles.